The quantitative estimate of drug-likeness (QED) is 0.330. The molecule has 2 fully saturated rings. The van der Waals surface area contributed by atoms with Crippen molar-refractivity contribution in [2.45, 2.75) is 31.3 Å². The number of benzene rings is 3. The molecule has 3 aliphatic rings. The van der Waals surface area contributed by atoms with Gasteiger partial charge in [-0.2, -0.15) is 0 Å². The molecule has 0 saturated carbocycles. The zero-order valence-electron chi connectivity index (χ0n) is 21.3. The second-order valence-electron chi connectivity index (χ2n) is 10.8. The van der Waals surface area contributed by atoms with E-state index in [1.54, 1.807) is 12.1 Å². The Morgan fingerprint density at radius 2 is 1.74 bits per heavy atom. The fraction of sp³-hybridized carbons (Fsp3) is 0.258. The number of hydrogen-bond donors (Lipinski definition) is 3. The molecule has 3 amide bonds. The van der Waals surface area contributed by atoms with Crippen molar-refractivity contribution in [3.05, 3.63) is 100 Å². The van der Waals surface area contributed by atoms with Gasteiger partial charge in [-0.1, -0.05) is 60.1 Å². The monoisotopic (exact) mass is 538 g/mol. The van der Waals surface area contributed by atoms with Gasteiger partial charge in [0, 0.05) is 46.0 Å². The van der Waals surface area contributed by atoms with Crippen molar-refractivity contribution in [1.29, 1.82) is 0 Å². The number of hydrogen-bond acceptors (Lipinski definition) is 4. The number of para-hydroxylation sites is 1. The molecule has 39 heavy (non-hydrogen) atoms. The summed E-state index contributed by atoms with van der Waals surface area (Å²) in [5, 5.41) is 8.09. The highest BCUT2D eigenvalue weighted by molar-refractivity contribution is 6.31. The highest BCUT2D eigenvalue weighted by Crippen LogP contribution is 2.54. The van der Waals surface area contributed by atoms with Crippen molar-refractivity contribution in [3.63, 3.8) is 0 Å². The number of aromatic amines is 1. The third kappa shape index (κ3) is 3.50. The van der Waals surface area contributed by atoms with Gasteiger partial charge < -0.3 is 10.3 Å². The molecule has 8 heteroatoms. The Morgan fingerprint density at radius 3 is 2.56 bits per heavy atom. The van der Waals surface area contributed by atoms with Gasteiger partial charge in [-0.05, 0) is 54.7 Å². The van der Waals surface area contributed by atoms with E-state index < -0.39 is 23.4 Å². The number of likely N-dealkylation sites (tertiary alicyclic amines) is 1. The third-order valence-electron chi connectivity index (χ3n) is 8.66. The van der Waals surface area contributed by atoms with Gasteiger partial charge in [0.2, 0.25) is 17.7 Å². The Hall–Kier alpha value is -3.94. The van der Waals surface area contributed by atoms with Crippen LogP contribution < -0.4 is 10.6 Å². The van der Waals surface area contributed by atoms with Gasteiger partial charge >= 0.3 is 0 Å². The van der Waals surface area contributed by atoms with Gasteiger partial charge in [0.05, 0.1) is 11.8 Å². The predicted molar refractivity (Wildman–Crippen MR) is 149 cm³/mol. The molecule has 4 atom stereocenters. The average molecular weight is 539 g/mol. The van der Waals surface area contributed by atoms with Crippen LogP contribution in [0.15, 0.2) is 72.9 Å². The second-order valence-corrected chi connectivity index (χ2v) is 11.2. The van der Waals surface area contributed by atoms with E-state index in [1.807, 2.05) is 67.7 Å². The number of anilines is 1. The minimum Gasteiger partial charge on any atom is -0.361 e. The summed E-state index contributed by atoms with van der Waals surface area (Å²) in [6.45, 7) is 2.15. The molecule has 3 N–H and O–H groups in total. The lowest BCUT2D eigenvalue weighted by atomic mass is 9.76. The summed E-state index contributed by atoms with van der Waals surface area (Å²) in [5.41, 5.74) is 3.82. The van der Waals surface area contributed by atoms with E-state index in [9.17, 15) is 14.4 Å². The molecule has 1 spiro atoms. The number of carbonyl (C=O) groups is 3. The van der Waals surface area contributed by atoms with Crippen molar-refractivity contribution in [1.82, 2.24) is 15.2 Å². The molecule has 0 radical (unpaired) electrons. The van der Waals surface area contributed by atoms with Crippen molar-refractivity contribution < 1.29 is 14.4 Å². The van der Waals surface area contributed by atoms with E-state index in [0.717, 1.165) is 27.6 Å². The number of aryl methyl sites for hydroxylation is 1. The number of halogens is 1. The molecule has 7 nitrogen and oxygen atoms in total. The normalized spacial score (nSPS) is 25.5. The number of fused-ring (bicyclic) bond motifs is 5. The lowest BCUT2D eigenvalue weighted by Crippen LogP contribution is -2.53. The highest BCUT2D eigenvalue weighted by Gasteiger charge is 2.70. The molecular formula is C31H27ClN4O3. The number of carbonyl (C=O) groups excluding carboxylic acids is 3. The summed E-state index contributed by atoms with van der Waals surface area (Å²) in [6, 6.07) is 20.9. The Kier molecular flexibility index (Phi) is 5.44. The van der Waals surface area contributed by atoms with E-state index in [4.69, 9.17) is 11.6 Å². The van der Waals surface area contributed by atoms with Crippen LogP contribution in [0.25, 0.3) is 10.9 Å². The van der Waals surface area contributed by atoms with Crippen LogP contribution in [0.5, 0.6) is 0 Å². The number of H-pyrrole nitrogens is 1. The standard InChI is InChI=1S/C31H27ClN4O3/c1-17-13-20(32)15-22-27(17)34-30(39)31(22)26-25(24(35-31)14-19-16-33-23-10-6-5-9-21(19)23)28(37)36(29(26)38)12-11-18-7-3-2-4-8-18/h2-10,13,15-16,24-26,33,35H,11-12,14H2,1H3,(H,34,39)/t24-,25+,26-,31-/m0/s1. The lowest BCUT2D eigenvalue weighted by molar-refractivity contribution is -0.142. The third-order valence-corrected chi connectivity index (χ3v) is 8.88. The van der Waals surface area contributed by atoms with Crippen LogP contribution in [0.1, 0.15) is 22.3 Å². The molecule has 1 aromatic heterocycles. The molecular weight excluding hydrogens is 512 g/mol. The molecule has 0 aliphatic carbocycles. The first-order valence-corrected chi connectivity index (χ1v) is 13.6. The van der Waals surface area contributed by atoms with Crippen LogP contribution in [-0.2, 0) is 32.8 Å². The first kappa shape index (κ1) is 24.1. The largest absolute Gasteiger partial charge is 0.361 e. The number of amides is 3. The van der Waals surface area contributed by atoms with Crippen LogP contribution in [0.4, 0.5) is 5.69 Å². The fourth-order valence-electron chi connectivity index (χ4n) is 6.91. The van der Waals surface area contributed by atoms with Crippen molar-refractivity contribution in [3.8, 4) is 0 Å². The smallest absolute Gasteiger partial charge is 0.250 e. The second kappa shape index (κ2) is 8.79. The Morgan fingerprint density at radius 1 is 0.974 bits per heavy atom. The topological polar surface area (TPSA) is 94.3 Å². The predicted octanol–water partition coefficient (Wildman–Crippen LogP) is 4.34. The van der Waals surface area contributed by atoms with Crippen LogP contribution in [0.3, 0.4) is 0 Å². The summed E-state index contributed by atoms with van der Waals surface area (Å²) >= 11 is 6.48. The van der Waals surface area contributed by atoms with Crippen LogP contribution in [0.2, 0.25) is 5.02 Å². The first-order valence-electron chi connectivity index (χ1n) is 13.2. The SMILES string of the molecule is Cc1cc(Cl)cc2c1NC(=O)[C@]21N[C@@H](Cc2c[nH]c3ccccc23)[C@H]2C(=O)N(CCc3ccccc3)C(=O)[C@H]21. The summed E-state index contributed by atoms with van der Waals surface area (Å²) < 4.78 is 0. The van der Waals surface area contributed by atoms with Gasteiger partial charge in [-0.15, -0.1) is 0 Å². The Labute approximate surface area is 230 Å². The molecule has 3 aromatic carbocycles. The number of nitrogens with zero attached hydrogens (tertiary/aromatic N) is 1. The zero-order chi connectivity index (χ0) is 26.9. The number of aromatic nitrogens is 1. The maximum atomic E-state index is 14.1. The lowest BCUT2D eigenvalue weighted by Gasteiger charge is -2.29. The van der Waals surface area contributed by atoms with Gasteiger partial charge in [-0.3, -0.25) is 24.6 Å². The Balaban J connectivity index is 1.32. The molecule has 4 aromatic rings. The Bertz CT molecular complexity index is 1670. The molecule has 2 saturated heterocycles. The van der Waals surface area contributed by atoms with Gasteiger partial charge in [0.1, 0.15) is 5.54 Å². The van der Waals surface area contributed by atoms with Crippen molar-refractivity contribution >= 4 is 45.9 Å². The molecule has 196 valence electrons. The zero-order valence-corrected chi connectivity index (χ0v) is 22.1. The molecule has 3 aliphatic heterocycles. The van der Waals surface area contributed by atoms with Gasteiger partial charge in [0.25, 0.3) is 0 Å². The van der Waals surface area contributed by atoms with E-state index in [0.29, 0.717) is 29.1 Å². The molecule has 0 unspecified atom stereocenters. The fourth-order valence-corrected chi connectivity index (χ4v) is 7.18. The summed E-state index contributed by atoms with van der Waals surface area (Å²) in [5.74, 6) is -2.40. The number of imide groups is 1. The van der Waals surface area contributed by atoms with E-state index in [2.05, 4.69) is 15.6 Å². The first-order chi connectivity index (χ1) is 18.9. The van der Waals surface area contributed by atoms with Crippen LogP contribution in [-0.4, -0.2) is 40.2 Å². The van der Waals surface area contributed by atoms with Crippen molar-refractivity contribution in [2.24, 2.45) is 11.8 Å². The summed E-state index contributed by atoms with van der Waals surface area (Å²) in [7, 11) is 0. The van der Waals surface area contributed by atoms with Crippen LogP contribution in [0, 0.1) is 18.8 Å². The summed E-state index contributed by atoms with van der Waals surface area (Å²) in [6.07, 6.45) is 2.99. The van der Waals surface area contributed by atoms with E-state index >= 15 is 0 Å². The molecule has 0 bridgehead atoms. The average Bonchev–Trinajstić information content (AvgIpc) is 3.64. The number of nitrogens with one attached hydrogen (secondary N) is 3. The van der Waals surface area contributed by atoms with Crippen LogP contribution >= 0.6 is 11.6 Å². The highest BCUT2D eigenvalue weighted by atomic mass is 35.5. The van der Waals surface area contributed by atoms with Crippen molar-refractivity contribution in [2.75, 3.05) is 11.9 Å². The van der Waals surface area contributed by atoms with Gasteiger partial charge in [-0.25, -0.2) is 0 Å². The molecule has 7 rings (SSSR count). The molecule has 4 heterocycles. The maximum absolute atomic E-state index is 14.1. The summed E-state index contributed by atoms with van der Waals surface area (Å²) in [4.78, 5) is 46.7. The number of rotatable bonds is 5. The minimum atomic E-state index is -1.37. The van der Waals surface area contributed by atoms with E-state index in [1.165, 1.54) is 4.90 Å². The maximum Gasteiger partial charge on any atom is 0.250 e. The van der Waals surface area contributed by atoms with E-state index in [-0.39, 0.29) is 24.3 Å². The van der Waals surface area contributed by atoms with Gasteiger partial charge in [0.15, 0.2) is 0 Å². The minimum absolute atomic E-state index is 0.227.